The SMILES string of the molecule is CCC(c1nnc(SCC(=O)NC2CCCCCC2)n1Cc1ccccc1)N(C)C. The van der Waals surface area contributed by atoms with E-state index >= 15 is 0 Å². The van der Waals surface area contributed by atoms with Crippen LogP contribution in [0, 0.1) is 0 Å². The average Bonchev–Trinajstić information content (AvgIpc) is 2.94. The molecule has 1 aliphatic rings. The molecule has 7 heteroatoms. The number of thioether (sulfide) groups is 1. The number of nitrogens with one attached hydrogen (secondary N) is 1. The van der Waals surface area contributed by atoms with E-state index in [0.717, 1.165) is 30.2 Å². The lowest BCUT2D eigenvalue weighted by Gasteiger charge is -2.23. The second kappa shape index (κ2) is 11.5. The normalized spacial score (nSPS) is 16.4. The van der Waals surface area contributed by atoms with Crippen LogP contribution in [-0.4, -0.2) is 51.5 Å². The maximum atomic E-state index is 12.6. The fraction of sp³-hybridized carbons (Fsp3) is 0.609. The van der Waals surface area contributed by atoms with Gasteiger partial charge in [0.1, 0.15) is 0 Å². The molecular formula is C23H35N5OS. The summed E-state index contributed by atoms with van der Waals surface area (Å²) in [6.45, 7) is 2.87. The molecule has 1 aromatic heterocycles. The van der Waals surface area contributed by atoms with E-state index in [4.69, 9.17) is 0 Å². The number of hydrogen-bond acceptors (Lipinski definition) is 5. The first-order valence-electron chi connectivity index (χ1n) is 11.1. The summed E-state index contributed by atoms with van der Waals surface area (Å²) in [6.07, 6.45) is 8.17. The van der Waals surface area contributed by atoms with Gasteiger partial charge in [0.2, 0.25) is 5.91 Å². The highest BCUT2D eigenvalue weighted by Gasteiger charge is 2.23. The van der Waals surface area contributed by atoms with Gasteiger partial charge in [-0.1, -0.05) is 74.7 Å². The molecule has 3 rings (SSSR count). The highest BCUT2D eigenvalue weighted by Crippen LogP contribution is 2.26. The van der Waals surface area contributed by atoms with E-state index in [1.54, 1.807) is 0 Å². The van der Waals surface area contributed by atoms with Gasteiger partial charge in [-0.2, -0.15) is 0 Å². The lowest BCUT2D eigenvalue weighted by molar-refractivity contribution is -0.119. The highest BCUT2D eigenvalue weighted by molar-refractivity contribution is 7.99. The Balaban J connectivity index is 1.71. The third-order valence-corrected chi connectivity index (χ3v) is 6.76. The molecule has 1 amide bonds. The summed E-state index contributed by atoms with van der Waals surface area (Å²) >= 11 is 1.49. The standard InChI is InChI=1S/C23H35N5OS/c1-4-20(27(2)3)22-25-26-23(28(22)16-18-12-8-7-9-13-18)30-17-21(29)24-19-14-10-5-6-11-15-19/h7-9,12-13,19-20H,4-6,10-11,14-17H2,1-3H3,(H,24,29). The van der Waals surface area contributed by atoms with Crippen LogP contribution in [0.1, 0.15) is 69.3 Å². The van der Waals surface area contributed by atoms with Crippen LogP contribution in [0.4, 0.5) is 0 Å². The van der Waals surface area contributed by atoms with Gasteiger partial charge in [-0.05, 0) is 38.9 Å². The van der Waals surface area contributed by atoms with Crippen molar-refractivity contribution in [3.63, 3.8) is 0 Å². The van der Waals surface area contributed by atoms with Crippen molar-refractivity contribution >= 4 is 17.7 Å². The highest BCUT2D eigenvalue weighted by atomic mass is 32.2. The van der Waals surface area contributed by atoms with Crippen molar-refractivity contribution in [2.75, 3.05) is 19.8 Å². The number of carbonyl (C=O) groups is 1. The van der Waals surface area contributed by atoms with Gasteiger partial charge < -0.3 is 9.88 Å². The van der Waals surface area contributed by atoms with E-state index < -0.39 is 0 Å². The minimum atomic E-state index is 0.0994. The Morgan fingerprint density at radius 3 is 2.50 bits per heavy atom. The molecule has 0 spiro atoms. The number of aromatic nitrogens is 3. The molecule has 0 aliphatic heterocycles. The Labute approximate surface area is 184 Å². The van der Waals surface area contributed by atoms with Crippen LogP contribution < -0.4 is 5.32 Å². The number of carbonyl (C=O) groups excluding carboxylic acids is 1. The molecule has 6 nitrogen and oxygen atoms in total. The van der Waals surface area contributed by atoms with Gasteiger partial charge >= 0.3 is 0 Å². The zero-order chi connectivity index (χ0) is 21.3. The van der Waals surface area contributed by atoms with E-state index in [2.05, 4.69) is 70.3 Å². The van der Waals surface area contributed by atoms with Gasteiger partial charge in [0.05, 0.1) is 18.3 Å². The topological polar surface area (TPSA) is 63.1 Å². The molecular weight excluding hydrogens is 394 g/mol. The van der Waals surface area contributed by atoms with Crippen molar-refractivity contribution < 1.29 is 4.79 Å². The largest absolute Gasteiger partial charge is 0.353 e. The van der Waals surface area contributed by atoms with Crippen LogP contribution in [0.15, 0.2) is 35.5 Å². The van der Waals surface area contributed by atoms with Crippen LogP contribution in [0.25, 0.3) is 0 Å². The van der Waals surface area contributed by atoms with Crippen molar-refractivity contribution in [1.82, 2.24) is 25.0 Å². The molecule has 1 aliphatic carbocycles. The van der Waals surface area contributed by atoms with E-state index in [-0.39, 0.29) is 11.9 Å². The predicted molar refractivity (Wildman–Crippen MR) is 123 cm³/mol. The van der Waals surface area contributed by atoms with E-state index in [0.29, 0.717) is 18.3 Å². The third kappa shape index (κ3) is 6.32. The number of amides is 1. The van der Waals surface area contributed by atoms with E-state index in [1.807, 2.05) is 6.07 Å². The Bertz CT molecular complexity index is 784. The molecule has 1 saturated carbocycles. The molecule has 1 fully saturated rings. The molecule has 0 bridgehead atoms. The Morgan fingerprint density at radius 2 is 1.87 bits per heavy atom. The molecule has 1 unspecified atom stereocenters. The molecule has 30 heavy (non-hydrogen) atoms. The fourth-order valence-corrected chi connectivity index (χ4v) is 4.93. The minimum Gasteiger partial charge on any atom is -0.353 e. The summed E-state index contributed by atoms with van der Waals surface area (Å²) in [5.41, 5.74) is 1.21. The van der Waals surface area contributed by atoms with Crippen LogP contribution in [0.2, 0.25) is 0 Å². The van der Waals surface area contributed by atoms with Crippen LogP contribution in [0.3, 0.4) is 0 Å². The first-order valence-corrected chi connectivity index (χ1v) is 12.1. The van der Waals surface area contributed by atoms with Gasteiger partial charge in [0.15, 0.2) is 11.0 Å². The van der Waals surface area contributed by atoms with E-state index in [1.165, 1.54) is 43.0 Å². The number of benzene rings is 1. The summed E-state index contributed by atoms with van der Waals surface area (Å²) in [4.78, 5) is 14.8. The number of rotatable bonds is 9. The molecule has 0 saturated heterocycles. The first-order chi connectivity index (χ1) is 14.6. The van der Waals surface area contributed by atoms with Crippen molar-refractivity contribution in [3.8, 4) is 0 Å². The van der Waals surface area contributed by atoms with Gasteiger partial charge in [-0.3, -0.25) is 9.69 Å². The molecule has 0 radical (unpaired) electrons. The van der Waals surface area contributed by atoms with Gasteiger partial charge in [-0.25, -0.2) is 0 Å². The number of hydrogen-bond donors (Lipinski definition) is 1. The monoisotopic (exact) mass is 429 g/mol. The third-order valence-electron chi connectivity index (χ3n) is 5.79. The minimum absolute atomic E-state index is 0.0994. The fourth-order valence-electron chi connectivity index (χ4n) is 4.17. The van der Waals surface area contributed by atoms with Gasteiger partial charge in [0.25, 0.3) is 0 Å². The Morgan fingerprint density at radius 1 is 1.17 bits per heavy atom. The summed E-state index contributed by atoms with van der Waals surface area (Å²) in [5.74, 6) is 1.43. The van der Waals surface area contributed by atoms with Gasteiger partial charge in [-0.15, -0.1) is 10.2 Å². The molecule has 1 heterocycles. The maximum Gasteiger partial charge on any atom is 0.230 e. The van der Waals surface area contributed by atoms with Crippen molar-refractivity contribution in [2.24, 2.45) is 0 Å². The Hall–Kier alpha value is -1.86. The zero-order valence-electron chi connectivity index (χ0n) is 18.5. The van der Waals surface area contributed by atoms with Crippen molar-refractivity contribution in [3.05, 3.63) is 41.7 Å². The second-order valence-electron chi connectivity index (χ2n) is 8.34. The molecule has 1 N–H and O–H groups in total. The second-order valence-corrected chi connectivity index (χ2v) is 9.29. The van der Waals surface area contributed by atoms with Gasteiger partial charge in [0, 0.05) is 6.04 Å². The maximum absolute atomic E-state index is 12.6. The summed E-state index contributed by atoms with van der Waals surface area (Å²) in [6, 6.07) is 10.9. The van der Waals surface area contributed by atoms with Crippen LogP contribution in [-0.2, 0) is 11.3 Å². The zero-order valence-corrected chi connectivity index (χ0v) is 19.3. The smallest absolute Gasteiger partial charge is 0.230 e. The lowest BCUT2D eigenvalue weighted by Crippen LogP contribution is -2.35. The summed E-state index contributed by atoms with van der Waals surface area (Å²) < 4.78 is 2.17. The van der Waals surface area contributed by atoms with Crippen LogP contribution >= 0.6 is 11.8 Å². The molecule has 1 atom stereocenters. The van der Waals surface area contributed by atoms with Crippen molar-refractivity contribution in [2.45, 2.75) is 75.7 Å². The van der Waals surface area contributed by atoms with E-state index in [9.17, 15) is 4.79 Å². The number of nitrogens with zero attached hydrogens (tertiary/aromatic N) is 4. The summed E-state index contributed by atoms with van der Waals surface area (Å²) in [5, 5.41) is 13.0. The molecule has 1 aromatic carbocycles. The van der Waals surface area contributed by atoms with Crippen LogP contribution in [0.5, 0.6) is 0 Å². The predicted octanol–water partition coefficient (Wildman–Crippen LogP) is 4.27. The quantitative estimate of drug-likeness (QED) is 0.476. The lowest BCUT2D eigenvalue weighted by atomic mass is 10.1. The summed E-state index contributed by atoms with van der Waals surface area (Å²) in [7, 11) is 4.14. The Kier molecular flexibility index (Phi) is 8.75. The average molecular weight is 430 g/mol. The molecule has 164 valence electrons. The first kappa shape index (κ1) is 22.8. The van der Waals surface area contributed by atoms with Crippen molar-refractivity contribution in [1.29, 1.82) is 0 Å². The molecule has 2 aromatic rings.